The van der Waals surface area contributed by atoms with Crippen LogP contribution in [0.5, 0.6) is 0 Å². The highest BCUT2D eigenvalue weighted by Crippen LogP contribution is 2.23. The summed E-state index contributed by atoms with van der Waals surface area (Å²) in [5, 5.41) is 3.52. The number of likely N-dealkylation sites (tertiary alicyclic amines) is 2. The van der Waals surface area contributed by atoms with Gasteiger partial charge in [-0.2, -0.15) is 0 Å². The van der Waals surface area contributed by atoms with Crippen LogP contribution in [-0.2, 0) is 0 Å². The molecule has 4 nitrogen and oxygen atoms in total. The number of rotatable bonds is 7. The summed E-state index contributed by atoms with van der Waals surface area (Å²) >= 11 is 0. The van der Waals surface area contributed by atoms with E-state index in [-0.39, 0.29) is 0 Å². The molecule has 0 saturated carbocycles. The summed E-state index contributed by atoms with van der Waals surface area (Å²) in [6.45, 7) is 17.2. The lowest BCUT2D eigenvalue weighted by atomic mass is 9.97. The quantitative estimate of drug-likeness (QED) is 0.577. The van der Waals surface area contributed by atoms with Gasteiger partial charge in [0.1, 0.15) is 0 Å². The van der Waals surface area contributed by atoms with Gasteiger partial charge in [0, 0.05) is 32.7 Å². The van der Waals surface area contributed by atoms with E-state index in [9.17, 15) is 0 Å². The van der Waals surface area contributed by atoms with Gasteiger partial charge in [-0.15, -0.1) is 0 Å². The minimum Gasteiger partial charge on any atom is -0.357 e. The molecule has 2 atom stereocenters. The van der Waals surface area contributed by atoms with E-state index in [2.05, 4.69) is 42.8 Å². The van der Waals surface area contributed by atoms with Crippen LogP contribution in [0.2, 0.25) is 0 Å². The summed E-state index contributed by atoms with van der Waals surface area (Å²) in [5.74, 6) is 3.57. The van der Waals surface area contributed by atoms with Gasteiger partial charge >= 0.3 is 0 Å². The second-order valence-electron chi connectivity index (χ2n) is 7.88. The highest BCUT2D eigenvalue weighted by molar-refractivity contribution is 5.80. The number of nitrogens with zero attached hydrogens (tertiary/aromatic N) is 3. The number of hydrogen-bond donors (Lipinski definition) is 1. The average Bonchev–Trinajstić information content (AvgIpc) is 3.13. The monoisotopic (exact) mass is 322 g/mol. The maximum absolute atomic E-state index is 4.99. The topological polar surface area (TPSA) is 30.9 Å². The van der Waals surface area contributed by atoms with Gasteiger partial charge in [-0.1, -0.05) is 20.8 Å². The van der Waals surface area contributed by atoms with Crippen LogP contribution in [0.4, 0.5) is 0 Å². The Bertz CT molecular complexity index is 366. The summed E-state index contributed by atoms with van der Waals surface area (Å²) in [7, 11) is 0. The van der Waals surface area contributed by atoms with Crippen LogP contribution in [0.3, 0.4) is 0 Å². The molecule has 1 N–H and O–H groups in total. The maximum Gasteiger partial charge on any atom is 0.193 e. The lowest BCUT2D eigenvalue weighted by Gasteiger charge is -2.22. The fourth-order valence-electron chi connectivity index (χ4n) is 4.11. The molecule has 2 fully saturated rings. The molecule has 2 saturated heterocycles. The fraction of sp³-hybridized carbons (Fsp3) is 0.947. The summed E-state index contributed by atoms with van der Waals surface area (Å²) < 4.78 is 0. The molecular formula is C19H38N4. The zero-order valence-electron chi connectivity index (χ0n) is 15.9. The van der Waals surface area contributed by atoms with Gasteiger partial charge < -0.3 is 15.1 Å². The van der Waals surface area contributed by atoms with E-state index in [0.717, 1.165) is 36.8 Å². The van der Waals surface area contributed by atoms with Crippen molar-refractivity contribution < 1.29 is 0 Å². The predicted octanol–water partition coefficient (Wildman–Crippen LogP) is 3.05. The Labute approximate surface area is 143 Å². The average molecular weight is 323 g/mol. The summed E-state index contributed by atoms with van der Waals surface area (Å²) in [6.07, 6.45) is 5.27. The van der Waals surface area contributed by atoms with Crippen molar-refractivity contribution in [2.24, 2.45) is 22.7 Å². The second-order valence-corrected chi connectivity index (χ2v) is 7.88. The molecule has 0 aromatic rings. The SMILES string of the molecule is CCCN1CCC(CN=C(NCC)N2CCC(CC(C)C)C2)C1. The first kappa shape index (κ1) is 18.6. The molecule has 2 aliphatic rings. The maximum atomic E-state index is 4.99. The third-order valence-corrected chi connectivity index (χ3v) is 5.13. The van der Waals surface area contributed by atoms with Crippen molar-refractivity contribution in [3.05, 3.63) is 0 Å². The Morgan fingerprint density at radius 3 is 2.61 bits per heavy atom. The van der Waals surface area contributed by atoms with Gasteiger partial charge in [-0.3, -0.25) is 4.99 Å². The molecule has 2 unspecified atom stereocenters. The van der Waals surface area contributed by atoms with Crippen LogP contribution in [0.25, 0.3) is 0 Å². The molecule has 2 rings (SSSR count). The van der Waals surface area contributed by atoms with E-state index < -0.39 is 0 Å². The second kappa shape index (κ2) is 9.51. The van der Waals surface area contributed by atoms with Crippen LogP contribution in [0.15, 0.2) is 4.99 Å². The van der Waals surface area contributed by atoms with Gasteiger partial charge in [0.05, 0.1) is 0 Å². The molecule has 0 aliphatic carbocycles. The molecule has 0 aromatic heterocycles. The molecule has 0 radical (unpaired) electrons. The lowest BCUT2D eigenvalue weighted by Crippen LogP contribution is -2.40. The smallest absolute Gasteiger partial charge is 0.193 e. The van der Waals surface area contributed by atoms with Gasteiger partial charge in [-0.05, 0) is 63.5 Å². The first-order valence-electron chi connectivity index (χ1n) is 9.87. The van der Waals surface area contributed by atoms with Gasteiger partial charge in [0.25, 0.3) is 0 Å². The van der Waals surface area contributed by atoms with Crippen molar-refractivity contribution in [1.29, 1.82) is 0 Å². The standard InChI is InChI=1S/C19H38N4/c1-5-9-22-10-7-18(14-22)13-21-19(20-6-2)23-11-8-17(15-23)12-16(3)4/h16-18H,5-15H2,1-4H3,(H,20,21). The van der Waals surface area contributed by atoms with E-state index >= 15 is 0 Å². The number of guanidine groups is 1. The normalized spacial score (nSPS) is 26.5. The Hall–Kier alpha value is -0.770. The third-order valence-electron chi connectivity index (χ3n) is 5.13. The van der Waals surface area contributed by atoms with Crippen molar-refractivity contribution in [3.8, 4) is 0 Å². The fourth-order valence-corrected chi connectivity index (χ4v) is 4.11. The van der Waals surface area contributed by atoms with E-state index in [1.165, 1.54) is 58.4 Å². The Kier molecular flexibility index (Phi) is 7.68. The first-order chi connectivity index (χ1) is 11.1. The Balaban J connectivity index is 1.83. The highest BCUT2D eigenvalue weighted by atomic mass is 15.3. The third kappa shape index (κ3) is 5.98. The summed E-state index contributed by atoms with van der Waals surface area (Å²) in [4.78, 5) is 10.1. The molecule has 4 heteroatoms. The van der Waals surface area contributed by atoms with Gasteiger partial charge in [0.15, 0.2) is 5.96 Å². The minimum absolute atomic E-state index is 0.754. The van der Waals surface area contributed by atoms with Crippen LogP contribution in [0.1, 0.15) is 53.4 Å². The van der Waals surface area contributed by atoms with E-state index in [0.29, 0.717) is 0 Å². The largest absolute Gasteiger partial charge is 0.357 e. The first-order valence-corrected chi connectivity index (χ1v) is 9.87. The molecule has 2 heterocycles. The molecule has 23 heavy (non-hydrogen) atoms. The van der Waals surface area contributed by atoms with Crippen LogP contribution >= 0.6 is 0 Å². The zero-order valence-corrected chi connectivity index (χ0v) is 15.9. The molecule has 134 valence electrons. The minimum atomic E-state index is 0.754. The van der Waals surface area contributed by atoms with Crippen LogP contribution in [0, 0.1) is 17.8 Å². The van der Waals surface area contributed by atoms with Crippen molar-refractivity contribution in [3.63, 3.8) is 0 Å². The lowest BCUT2D eigenvalue weighted by molar-refractivity contribution is 0.326. The molecular weight excluding hydrogens is 284 g/mol. The molecule has 0 aromatic carbocycles. The van der Waals surface area contributed by atoms with E-state index in [1.807, 2.05) is 0 Å². The molecule has 0 amide bonds. The van der Waals surface area contributed by atoms with Crippen LogP contribution < -0.4 is 5.32 Å². The zero-order chi connectivity index (χ0) is 16.7. The van der Waals surface area contributed by atoms with E-state index in [4.69, 9.17) is 4.99 Å². The van der Waals surface area contributed by atoms with Gasteiger partial charge in [-0.25, -0.2) is 0 Å². The summed E-state index contributed by atoms with van der Waals surface area (Å²) in [6, 6.07) is 0. The number of hydrogen-bond acceptors (Lipinski definition) is 2. The number of nitrogens with one attached hydrogen (secondary N) is 1. The number of aliphatic imine (C=N–C) groups is 1. The van der Waals surface area contributed by atoms with Crippen molar-refractivity contribution in [2.75, 3.05) is 45.8 Å². The Morgan fingerprint density at radius 2 is 1.91 bits per heavy atom. The molecule has 0 spiro atoms. The van der Waals surface area contributed by atoms with Crippen molar-refractivity contribution in [1.82, 2.24) is 15.1 Å². The predicted molar refractivity (Wildman–Crippen MR) is 100.0 cm³/mol. The molecule has 0 bridgehead atoms. The van der Waals surface area contributed by atoms with Crippen molar-refractivity contribution in [2.45, 2.75) is 53.4 Å². The Morgan fingerprint density at radius 1 is 1.13 bits per heavy atom. The van der Waals surface area contributed by atoms with Crippen molar-refractivity contribution >= 4 is 5.96 Å². The highest BCUT2D eigenvalue weighted by Gasteiger charge is 2.26. The van der Waals surface area contributed by atoms with E-state index in [1.54, 1.807) is 0 Å². The van der Waals surface area contributed by atoms with Gasteiger partial charge in [0.2, 0.25) is 0 Å². The molecule has 2 aliphatic heterocycles. The summed E-state index contributed by atoms with van der Waals surface area (Å²) in [5.41, 5.74) is 0. The van der Waals surface area contributed by atoms with Crippen LogP contribution in [-0.4, -0.2) is 61.6 Å².